The molecule has 1 aliphatic carbocycles. The summed E-state index contributed by atoms with van der Waals surface area (Å²) in [6.45, 7) is 9.16. The van der Waals surface area contributed by atoms with Crippen molar-refractivity contribution in [2.75, 3.05) is 27.2 Å². The summed E-state index contributed by atoms with van der Waals surface area (Å²) in [6, 6.07) is 0.666. The smallest absolute Gasteiger partial charge is 0.407 e. The van der Waals surface area contributed by atoms with Crippen molar-refractivity contribution >= 4 is 12.1 Å². The van der Waals surface area contributed by atoms with E-state index in [4.69, 9.17) is 9.73 Å². The van der Waals surface area contributed by atoms with E-state index < -0.39 is 5.60 Å². The van der Waals surface area contributed by atoms with Gasteiger partial charge in [-0.15, -0.1) is 0 Å². The first-order valence-electron chi connectivity index (χ1n) is 11.3. The van der Waals surface area contributed by atoms with Crippen LogP contribution in [0.3, 0.4) is 0 Å². The normalized spacial score (nSPS) is 21.0. The topological polar surface area (TPSA) is 95.8 Å². The fourth-order valence-electron chi connectivity index (χ4n) is 3.73. The third kappa shape index (κ3) is 8.77. The number of hydrogen-bond acceptors (Lipinski definition) is 5. The maximum Gasteiger partial charge on any atom is 0.407 e. The van der Waals surface area contributed by atoms with E-state index in [1.807, 2.05) is 44.9 Å². The number of guanidine groups is 1. The predicted molar refractivity (Wildman–Crippen MR) is 124 cm³/mol. The van der Waals surface area contributed by atoms with Gasteiger partial charge in [-0.25, -0.2) is 4.79 Å². The molecule has 31 heavy (non-hydrogen) atoms. The highest BCUT2D eigenvalue weighted by atomic mass is 16.6. The monoisotopic (exact) mass is 435 g/mol. The van der Waals surface area contributed by atoms with E-state index >= 15 is 0 Å². The van der Waals surface area contributed by atoms with Crippen LogP contribution in [0, 0.1) is 0 Å². The van der Waals surface area contributed by atoms with Crippen LogP contribution in [0.4, 0.5) is 4.79 Å². The van der Waals surface area contributed by atoms with Gasteiger partial charge in [0.2, 0.25) is 0 Å². The van der Waals surface area contributed by atoms with Crippen molar-refractivity contribution in [3.63, 3.8) is 0 Å². The third-order valence-electron chi connectivity index (χ3n) is 5.29. The number of carbonyl (C=O) groups is 1. The molecule has 3 N–H and O–H groups in total. The summed E-state index contributed by atoms with van der Waals surface area (Å²) in [5.74, 6) is 0.835. The van der Waals surface area contributed by atoms with Crippen LogP contribution in [0.1, 0.15) is 65.0 Å². The molecule has 1 saturated carbocycles. The van der Waals surface area contributed by atoms with Crippen LogP contribution in [-0.2, 0) is 11.8 Å². The summed E-state index contributed by atoms with van der Waals surface area (Å²) < 4.78 is 7.19. The average molecular weight is 436 g/mol. The zero-order chi connectivity index (χ0) is 23.0. The number of aliphatic imine (C=N–C) groups is 1. The SMILES string of the molecule is CCNC(=NCC(c1cnn(C)c1)N(C)C)NC1CCC(NC(=O)OC(C)(C)C)CC1. The molecule has 9 heteroatoms. The van der Waals surface area contributed by atoms with E-state index in [0.29, 0.717) is 12.6 Å². The molecule has 1 aromatic heterocycles. The highest BCUT2D eigenvalue weighted by molar-refractivity contribution is 5.80. The average Bonchev–Trinajstić information content (AvgIpc) is 3.07. The van der Waals surface area contributed by atoms with Crippen LogP contribution in [0.15, 0.2) is 17.4 Å². The Morgan fingerprint density at radius 1 is 1.26 bits per heavy atom. The molecule has 1 unspecified atom stereocenters. The molecule has 1 heterocycles. The second-order valence-corrected chi connectivity index (χ2v) is 9.49. The molecule has 1 aliphatic rings. The van der Waals surface area contributed by atoms with Crippen molar-refractivity contribution < 1.29 is 9.53 Å². The minimum absolute atomic E-state index is 0.163. The van der Waals surface area contributed by atoms with Crippen LogP contribution < -0.4 is 16.0 Å². The third-order valence-corrected chi connectivity index (χ3v) is 5.29. The number of carbonyl (C=O) groups excluding carboxylic acids is 1. The van der Waals surface area contributed by atoms with E-state index in [2.05, 4.69) is 47.0 Å². The van der Waals surface area contributed by atoms with E-state index in [0.717, 1.165) is 43.8 Å². The van der Waals surface area contributed by atoms with Crippen molar-refractivity contribution in [3.8, 4) is 0 Å². The van der Waals surface area contributed by atoms with Gasteiger partial charge in [0, 0.05) is 37.4 Å². The Morgan fingerprint density at radius 2 is 1.87 bits per heavy atom. The molecular formula is C22H41N7O2. The molecule has 2 rings (SSSR count). The Kier molecular flexibility index (Phi) is 9.15. The van der Waals surface area contributed by atoms with Gasteiger partial charge in [0.25, 0.3) is 0 Å². The van der Waals surface area contributed by atoms with E-state index in [-0.39, 0.29) is 18.2 Å². The van der Waals surface area contributed by atoms with Crippen molar-refractivity contribution in [2.45, 2.75) is 77.1 Å². The summed E-state index contributed by atoms with van der Waals surface area (Å²) in [6.07, 6.45) is 7.41. The Hall–Kier alpha value is -2.29. The molecule has 1 amide bonds. The van der Waals surface area contributed by atoms with Crippen molar-refractivity contribution in [2.24, 2.45) is 12.0 Å². The van der Waals surface area contributed by atoms with E-state index in [1.54, 1.807) is 0 Å². The quantitative estimate of drug-likeness (QED) is 0.450. The summed E-state index contributed by atoms with van der Waals surface area (Å²) in [5.41, 5.74) is 0.682. The molecule has 1 fully saturated rings. The molecule has 0 spiro atoms. The predicted octanol–water partition coefficient (Wildman–Crippen LogP) is 2.41. The lowest BCUT2D eigenvalue weighted by atomic mass is 9.91. The van der Waals surface area contributed by atoms with Gasteiger partial charge in [-0.1, -0.05) is 0 Å². The number of hydrogen-bond donors (Lipinski definition) is 3. The molecule has 0 aliphatic heterocycles. The van der Waals surface area contributed by atoms with E-state index in [9.17, 15) is 4.79 Å². The number of nitrogens with one attached hydrogen (secondary N) is 3. The summed E-state index contributed by atoms with van der Waals surface area (Å²) in [7, 11) is 6.05. The number of aromatic nitrogens is 2. The molecule has 9 nitrogen and oxygen atoms in total. The highest BCUT2D eigenvalue weighted by Crippen LogP contribution is 2.20. The summed E-state index contributed by atoms with van der Waals surface area (Å²) in [4.78, 5) is 19.0. The fraction of sp³-hybridized carbons (Fsp3) is 0.773. The lowest BCUT2D eigenvalue weighted by molar-refractivity contribution is 0.0490. The zero-order valence-corrected chi connectivity index (χ0v) is 20.2. The number of rotatable bonds is 7. The van der Waals surface area contributed by atoms with Gasteiger partial charge in [0.05, 0.1) is 18.8 Å². The first kappa shape index (κ1) is 25.0. The van der Waals surface area contributed by atoms with Crippen molar-refractivity contribution in [1.82, 2.24) is 30.6 Å². The van der Waals surface area contributed by atoms with E-state index in [1.165, 1.54) is 0 Å². The van der Waals surface area contributed by atoms with Crippen LogP contribution in [-0.4, -0.2) is 71.6 Å². The van der Waals surface area contributed by atoms with Gasteiger partial charge in [-0.05, 0) is 67.5 Å². The van der Waals surface area contributed by atoms with Gasteiger partial charge in [0.1, 0.15) is 5.60 Å². The second-order valence-electron chi connectivity index (χ2n) is 9.49. The van der Waals surface area contributed by atoms with Crippen molar-refractivity contribution in [3.05, 3.63) is 18.0 Å². The van der Waals surface area contributed by atoms with Crippen molar-refractivity contribution in [1.29, 1.82) is 0 Å². The Bertz CT molecular complexity index is 716. The summed E-state index contributed by atoms with van der Waals surface area (Å²) in [5, 5.41) is 14.2. The molecule has 0 aromatic carbocycles. The Balaban J connectivity index is 1.88. The van der Waals surface area contributed by atoms with Gasteiger partial charge >= 0.3 is 6.09 Å². The lowest BCUT2D eigenvalue weighted by Gasteiger charge is -2.31. The highest BCUT2D eigenvalue weighted by Gasteiger charge is 2.25. The second kappa shape index (κ2) is 11.4. The molecular weight excluding hydrogens is 394 g/mol. The Morgan fingerprint density at radius 3 is 2.35 bits per heavy atom. The van der Waals surface area contributed by atoms with Gasteiger partial charge in [0.15, 0.2) is 5.96 Å². The number of aryl methyl sites for hydroxylation is 1. The largest absolute Gasteiger partial charge is 0.444 e. The zero-order valence-electron chi connectivity index (χ0n) is 20.2. The van der Waals surface area contributed by atoms with Crippen LogP contribution >= 0.6 is 0 Å². The van der Waals surface area contributed by atoms with Crippen LogP contribution in [0.25, 0.3) is 0 Å². The summed E-state index contributed by atoms with van der Waals surface area (Å²) >= 11 is 0. The molecule has 0 radical (unpaired) electrons. The number of amides is 1. The van der Waals surface area contributed by atoms with Gasteiger partial charge < -0.3 is 25.6 Å². The first-order valence-corrected chi connectivity index (χ1v) is 11.3. The molecule has 0 saturated heterocycles. The Labute approximate surface area is 187 Å². The lowest BCUT2D eigenvalue weighted by Crippen LogP contribution is -2.48. The molecule has 0 bridgehead atoms. The minimum Gasteiger partial charge on any atom is -0.444 e. The number of nitrogens with zero attached hydrogens (tertiary/aromatic N) is 4. The fourth-order valence-corrected chi connectivity index (χ4v) is 3.73. The standard InChI is InChI=1S/C22H41N7O2/c1-8-23-20(24-14-19(28(5)6)16-13-25-29(7)15-16)26-17-9-11-18(12-10-17)27-21(30)31-22(2,3)4/h13,15,17-19H,8-12,14H2,1-7H3,(H,27,30)(H2,23,24,26). The number of alkyl carbamates (subject to hydrolysis) is 1. The number of ether oxygens (including phenoxy) is 1. The molecule has 176 valence electrons. The van der Waals surface area contributed by atoms with Crippen LogP contribution in [0.5, 0.6) is 0 Å². The van der Waals surface area contributed by atoms with Gasteiger partial charge in [-0.3, -0.25) is 9.67 Å². The number of likely N-dealkylation sites (N-methyl/N-ethyl adjacent to an activating group) is 1. The maximum absolute atomic E-state index is 12.0. The van der Waals surface area contributed by atoms with Crippen LogP contribution in [0.2, 0.25) is 0 Å². The molecule has 1 aromatic rings. The minimum atomic E-state index is -0.472. The van der Waals surface area contributed by atoms with Gasteiger partial charge in [-0.2, -0.15) is 5.10 Å². The molecule has 1 atom stereocenters. The first-order chi connectivity index (χ1) is 14.6. The maximum atomic E-state index is 12.0.